The number of hydrogen-bond acceptors (Lipinski definition) is 3. The number of fused-ring (bicyclic) bond motifs is 1. The molecule has 1 aromatic heterocycles. The van der Waals surface area contributed by atoms with Gasteiger partial charge in [-0.3, -0.25) is 4.79 Å². The van der Waals surface area contributed by atoms with E-state index in [9.17, 15) is 9.59 Å². The van der Waals surface area contributed by atoms with Crippen LogP contribution < -0.4 is 0 Å². The standard InChI is InChI=1S/C16H18N2O4/c1-11-8-18(9-14(22-11)16(20)21)15(19)10-17-7-6-12-4-2-3-5-13(12)17/h2-7,11,14H,8-10H2,1H3,(H,20,21)/t11-,14?/m1/s1. The Bertz CT molecular complexity index is 709. The Morgan fingerprint density at radius 1 is 1.27 bits per heavy atom. The number of para-hydroxylation sites is 1. The van der Waals surface area contributed by atoms with Crippen molar-refractivity contribution in [1.29, 1.82) is 0 Å². The van der Waals surface area contributed by atoms with Crippen LogP contribution in [0.3, 0.4) is 0 Å². The highest BCUT2D eigenvalue weighted by Crippen LogP contribution is 2.17. The highest BCUT2D eigenvalue weighted by atomic mass is 16.5. The van der Waals surface area contributed by atoms with Crippen LogP contribution in [0.1, 0.15) is 6.92 Å². The van der Waals surface area contributed by atoms with Gasteiger partial charge in [-0.15, -0.1) is 0 Å². The lowest BCUT2D eigenvalue weighted by molar-refractivity contribution is -0.166. The van der Waals surface area contributed by atoms with Crippen molar-refractivity contribution < 1.29 is 19.4 Å². The number of carbonyl (C=O) groups excluding carboxylic acids is 1. The van der Waals surface area contributed by atoms with E-state index >= 15 is 0 Å². The highest BCUT2D eigenvalue weighted by Gasteiger charge is 2.32. The molecule has 1 aliphatic heterocycles. The zero-order chi connectivity index (χ0) is 15.7. The van der Waals surface area contributed by atoms with Crippen molar-refractivity contribution in [2.75, 3.05) is 13.1 Å². The number of aromatic nitrogens is 1. The van der Waals surface area contributed by atoms with Crippen molar-refractivity contribution in [3.05, 3.63) is 36.5 Å². The van der Waals surface area contributed by atoms with E-state index in [0.717, 1.165) is 10.9 Å². The average molecular weight is 302 g/mol. The summed E-state index contributed by atoms with van der Waals surface area (Å²) in [5, 5.41) is 10.2. The second-order valence-corrected chi connectivity index (χ2v) is 5.57. The van der Waals surface area contributed by atoms with Gasteiger partial charge in [-0.25, -0.2) is 4.79 Å². The Labute approximate surface area is 127 Å². The first-order valence-electron chi connectivity index (χ1n) is 7.24. The van der Waals surface area contributed by atoms with Gasteiger partial charge in [0.15, 0.2) is 6.10 Å². The molecule has 1 N–H and O–H groups in total. The lowest BCUT2D eigenvalue weighted by Gasteiger charge is -2.35. The third kappa shape index (κ3) is 2.82. The van der Waals surface area contributed by atoms with Gasteiger partial charge in [0.05, 0.1) is 12.6 Å². The van der Waals surface area contributed by atoms with Crippen LogP contribution in [-0.4, -0.2) is 51.7 Å². The molecule has 22 heavy (non-hydrogen) atoms. The van der Waals surface area contributed by atoms with Crippen LogP contribution in [0.5, 0.6) is 0 Å². The van der Waals surface area contributed by atoms with Crippen LogP contribution in [-0.2, 0) is 20.9 Å². The van der Waals surface area contributed by atoms with Crippen molar-refractivity contribution >= 4 is 22.8 Å². The largest absolute Gasteiger partial charge is 0.479 e. The molecule has 2 aromatic rings. The van der Waals surface area contributed by atoms with Gasteiger partial charge in [0.25, 0.3) is 0 Å². The Kier molecular flexibility index (Phi) is 3.85. The number of benzene rings is 1. The number of morpholine rings is 1. The van der Waals surface area contributed by atoms with E-state index in [0.29, 0.717) is 6.54 Å². The molecule has 0 radical (unpaired) electrons. The van der Waals surface area contributed by atoms with Crippen LogP contribution in [0.2, 0.25) is 0 Å². The number of ether oxygens (including phenoxy) is 1. The molecule has 1 unspecified atom stereocenters. The number of carboxylic acids is 1. The van der Waals surface area contributed by atoms with E-state index in [1.54, 1.807) is 11.8 Å². The minimum atomic E-state index is -1.03. The van der Waals surface area contributed by atoms with E-state index in [1.807, 2.05) is 41.1 Å². The smallest absolute Gasteiger partial charge is 0.334 e. The number of carbonyl (C=O) groups is 2. The van der Waals surface area contributed by atoms with Crippen LogP contribution in [0.25, 0.3) is 10.9 Å². The van der Waals surface area contributed by atoms with Gasteiger partial charge in [-0.05, 0) is 24.4 Å². The summed E-state index contributed by atoms with van der Waals surface area (Å²) >= 11 is 0. The van der Waals surface area contributed by atoms with Gasteiger partial charge in [0.1, 0.15) is 6.54 Å². The number of nitrogens with zero attached hydrogens (tertiary/aromatic N) is 2. The molecule has 0 bridgehead atoms. The SMILES string of the molecule is C[C@@H]1CN(C(=O)Cn2ccc3ccccc32)CC(C(=O)O)O1. The second kappa shape index (κ2) is 5.81. The third-order valence-corrected chi connectivity index (χ3v) is 3.87. The molecule has 6 nitrogen and oxygen atoms in total. The molecule has 3 rings (SSSR count). The number of amides is 1. The molecule has 116 valence electrons. The summed E-state index contributed by atoms with van der Waals surface area (Å²) in [7, 11) is 0. The van der Waals surface area contributed by atoms with Crippen LogP contribution >= 0.6 is 0 Å². The summed E-state index contributed by atoms with van der Waals surface area (Å²) in [6.45, 7) is 2.49. The molecule has 0 spiro atoms. The van der Waals surface area contributed by atoms with Crippen molar-refractivity contribution in [2.24, 2.45) is 0 Å². The van der Waals surface area contributed by atoms with Crippen molar-refractivity contribution in [3.63, 3.8) is 0 Å². The number of hydrogen-bond donors (Lipinski definition) is 1. The molecule has 1 amide bonds. The topological polar surface area (TPSA) is 71.8 Å². The average Bonchev–Trinajstić information content (AvgIpc) is 2.90. The van der Waals surface area contributed by atoms with Gasteiger partial charge in [-0.1, -0.05) is 18.2 Å². The number of aliphatic carboxylic acids is 1. The van der Waals surface area contributed by atoms with Crippen molar-refractivity contribution in [3.8, 4) is 0 Å². The Morgan fingerprint density at radius 2 is 2.05 bits per heavy atom. The normalized spacial score (nSPS) is 22.0. The van der Waals surface area contributed by atoms with E-state index in [2.05, 4.69) is 0 Å². The maximum atomic E-state index is 12.5. The molecule has 2 atom stereocenters. The maximum absolute atomic E-state index is 12.5. The molecule has 1 saturated heterocycles. The monoisotopic (exact) mass is 302 g/mol. The summed E-state index contributed by atoms with van der Waals surface area (Å²) < 4.78 is 7.22. The third-order valence-electron chi connectivity index (χ3n) is 3.87. The Balaban J connectivity index is 1.75. The van der Waals surface area contributed by atoms with Crippen LogP contribution in [0.4, 0.5) is 0 Å². The summed E-state index contributed by atoms with van der Waals surface area (Å²) in [6, 6.07) is 9.80. The zero-order valence-electron chi connectivity index (χ0n) is 12.3. The minimum absolute atomic E-state index is 0.0947. The lowest BCUT2D eigenvalue weighted by Crippen LogP contribution is -2.52. The van der Waals surface area contributed by atoms with Crippen molar-refractivity contribution in [2.45, 2.75) is 25.7 Å². The predicted octanol–water partition coefficient (Wildman–Crippen LogP) is 1.34. The first kappa shape index (κ1) is 14.6. The number of carboxylic acid groups (broad SMARTS) is 1. The van der Waals surface area contributed by atoms with Gasteiger partial charge >= 0.3 is 5.97 Å². The fourth-order valence-corrected chi connectivity index (χ4v) is 2.82. The maximum Gasteiger partial charge on any atom is 0.334 e. The van der Waals surface area contributed by atoms with E-state index in [-0.39, 0.29) is 25.1 Å². The predicted molar refractivity (Wildman–Crippen MR) is 80.5 cm³/mol. The summed E-state index contributed by atoms with van der Waals surface area (Å²) in [5.41, 5.74) is 0.993. The van der Waals surface area contributed by atoms with Crippen LogP contribution in [0, 0.1) is 0 Å². The minimum Gasteiger partial charge on any atom is -0.479 e. The first-order chi connectivity index (χ1) is 10.5. The molecular formula is C16H18N2O4. The molecule has 1 fully saturated rings. The summed E-state index contributed by atoms with van der Waals surface area (Å²) in [6.07, 6.45) is 0.649. The summed E-state index contributed by atoms with van der Waals surface area (Å²) in [4.78, 5) is 25.1. The van der Waals surface area contributed by atoms with Gasteiger partial charge in [0.2, 0.25) is 5.91 Å². The first-order valence-corrected chi connectivity index (χ1v) is 7.24. The molecule has 6 heteroatoms. The fraction of sp³-hybridized carbons (Fsp3) is 0.375. The summed E-state index contributed by atoms with van der Waals surface area (Å²) in [5.74, 6) is -1.13. The van der Waals surface area contributed by atoms with E-state index < -0.39 is 12.1 Å². The van der Waals surface area contributed by atoms with Gasteiger partial charge in [-0.2, -0.15) is 0 Å². The molecule has 1 aromatic carbocycles. The van der Waals surface area contributed by atoms with Gasteiger partial charge in [0, 0.05) is 18.3 Å². The molecule has 1 aliphatic rings. The number of rotatable bonds is 3. The van der Waals surface area contributed by atoms with Crippen molar-refractivity contribution in [1.82, 2.24) is 9.47 Å². The molecule has 2 heterocycles. The zero-order valence-corrected chi connectivity index (χ0v) is 12.3. The fourth-order valence-electron chi connectivity index (χ4n) is 2.82. The Hall–Kier alpha value is -2.34. The van der Waals surface area contributed by atoms with E-state index in [1.165, 1.54) is 0 Å². The lowest BCUT2D eigenvalue weighted by atomic mass is 10.2. The molecule has 0 saturated carbocycles. The Morgan fingerprint density at radius 3 is 2.82 bits per heavy atom. The highest BCUT2D eigenvalue weighted by molar-refractivity contribution is 5.83. The second-order valence-electron chi connectivity index (χ2n) is 5.57. The van der Waals surface area contributed by atoms with Crippen LogP contribution in [0.15, 0.2) is 36.5 Å². The quantitative estimate of drug-likeness (QED) is 0.929. The van der Waals surface area contributed by atoms with Gasteiger partial charge < -0.3 is 19.3 Å². The molecular weight excluding hydrogens is 284 g/mol. The molecule has 0 aliphatic carbocycles. The van der Waals surface area contributed by atoms with E-state index in [4.69, 9.17) is 9.84 Å².